The molecule has 0 unspecified atom stereocenters. The fourth-order valence-corrected chi connectivity index (χ4v) is 4.39. The SMILES string of the molecule is O=C(NCCc1cccs1)c1ccc(CN2C(=O)NC3(CCOCC3)C2=O)cc1. The quantitative estimate of drug-likeness (QED) is 0.712. The van der Waals surface area contributed by atoms with E-state index in [2.05, 4.69) is 10.6 Å². The van der Waals surface area contributed by atoms with Crippen LogP contribution in [0.5, 0.6) is 0 Å². The van der Waals surface area contributed by atoms with Crippen molar-refractivity contribution in [1.82, 2.24) is 15.5 Å². The molecule has 2 aromatic rings. The lowest BCUT2D eigenvalue weighted by Gasteiger charge is -2.30. The number of hydrogen-bond donors (Lipinski definition) is 2. The van der Waals surface area contributed by atoms with Gasteiger partial charge in [0.1, 0.15) is 5.54 Å². The number of urea groups is 1. The molecule has 0 atom stereocenters. The molecule has 0 bridgehead atoms. The van der Waals surface area contributed by atoms with E-state index in [1.807, 2.05) is 17.5 Å². The van der Waals surface area contributed by atoms with Crippen molar-refractivity contribution in [1.29, 1.82) is 0 Å². The normalized spacial score (nSPS) is 18.1. The average Bonchev–Trinajstić information content (AvgIpc) is 3.32. The fraction of sp³-hybridized carbons (Fsp3) is 0.381. The van der Waals surface area contributed by atoms with Crippen LogP contribution in [0.2, 0.25) is 0 Å². The number of imide groups is 1. The van der Waals surface area contributed by atoms with Crippen LogP contribution in [0.3, 0.4) is 0 Å². The van der Waals surface area contributed by atoms with Gasteiger partial charge in [0, 0.05) is 43.0 Å². The molecule has 2 aliphatic heterocycles. The molecule has 3 heterocycles. The van der Waals surface area contributed by atoms with Crippen LogP contribution in [0.15, 0.2) is 41.8 Å². The molecule has 29 heavy (non-hydrogen) atoms. The maximum Gasteiger partial charge on any atom is 0.325 e. The zero-order valence-electron chi connectivity index (χ0n) is 16.0. The number of nitrogens with zero attached hydrogens (tertiary/aromatic N) is 1. The highest BCUT2D eigenvalue weighted by Gasteiger charge is 2.51. The van der Waals surface area contributed by atoms with Gasteiger partial charge < -0.3 is 15.4 Å². The Morgan fingerprint density at radius 1 is 1.17 bits per heavy atom. The number of rotatable bonds is 6. The largest absolute Gasteiger partial charge is 0.381 e. The van der Waals surface area contributed by atoms with E-state index in [9.17, 15) is 14.4 Å². The molecule has 0 radical (unpaired) electrons. The molecule has 1 aromatic heterocycles. The van der Waals surface area contributed by atoms with Crippen molar-refractivity contribution >= 4 is 29.2 Å². The number of benzene rings is 1. The minimum atomic E-state index is -0.822. The number of nitrogens with one attached hydrogen (secondary N) is 2. The van der Waals surface area contributed by atoms with E-state index in [0.29, 0.717) is 38.2 Å². The Hall–Kier alpha value is -2.71. The second-order valence-electron chi connectivity index (χ2n) is 7.30. The molecule has 1 spiro atoms. The molecule has 1 aromatic carbocycles. The third kappa shape index (κ3) is 4.18. The molecule has 8 heteroatoms. The molecule has 0 aliphatic carbocycles. The average molecular weight is 413 g/mol. The van der Waals surface area contributed by atoms with Gasteiger partial charge in [0.2, 0.25) is 0 Å². The summed E-state index contributed by atoms with van der Waals surface area (Å²) in [7, 11) is 0. The lowest BCUT2D eigenvalue weighted by molar-refractivity contribution is -0.134. The topological polar surface area (TPSA) is 87.7 Å². The maximum absolute atomic E-state index is 12.8. The molecular weight excluding hydrogens is 390 g/mol. The van der Waals surface area contributed by atoms with E-state index in [4.69, 9.17) is 4.74 Å². The van der Waals surface area contributed by atoms with E-state index < -0.39 is 5.54 Å². The summed E-state index contributed by atoms with van der Waals surface area (Å²) >= 11 is 1.67. The molecular formula is C21H23N3O4S. The molecule has 2 fully saturated rings. The van der Waals surface area contributed by atoms with Crippen LogP contribution in [0, 0.1) is 0 Å². The Morgan fingerprint density at radius 2 is 1.93 bits per heavy atom. The minimum Gasteiger partial charge on any atom is -0.381 e. The number of thiophene rings is 1. The van der Waals surface area contributed by atoms with Crippen LogP contribution in [0.1, 0.15) is 33.6 Å². The number of carbonyl (C=O) groups is 3. The highest BCUT2D eigenvalue weighted by Crippen LogP contribution is 2.29. The smallest absolute Gasteiger partial charge is 0.325 e. The van der Waals surface area contributed by atoms with Crippen LogP contribution < -0.4 is 10.6 Å². The zero-order valence-corrected chi connectivity index (χ0v) is 16.8. The second kappa shape index (κ2) is 8.34. The molecule has 152 valence electrons. The highest BCUT2D eigenvalue weighted by molar-refractivity contribution is 7.09. The van der Waals surface area contributed by atoms with Crippen molar-refractivity contribution in [2.45, 2.75) is 31.3 Å². The maximum atomic E-state index is 12.8. The lowest BCUT2D eigenvalue weighted by Crippen LogP contribution is -2.51. The van der Waals surface area contributed by atoms with Gasteiger partial charge in [-0.05, 0) is 35.6 Å². The first kappa shape index (κ1) is 19.6. The first-order chi connectivity index (χ1) is 14.1. The summed E-state index contributed by atoms with van der Waals surface area (Å²) in [6, 6.07) is 10.7. The van der Waals surface area contributed by atoms with E-state index in [-0.39, 0.29) is 24.4 Å². The zero-order chi connectivity index (χ0) is 20.3. The standard InChI is InChI=1S/C21H23N3O4S/c25-18(22-10-7-17-2-1-13-29-17)16-5-3-15(4-6-16)14-24-19(26)21(23-20(24)27)8-11-28-12-9-21/h1-6,13H,7-12,14H2,(H,22,25)(H,23,27). The summed E-state index contributed by atoms with van der Waals surface area (Å²) in [5.74, 6) is -0.328. The summed E-state index contributed by atoms with van der Waals surface area (Å²) in [4.78, 5) is 39.9. The third-order valence-corrected chi connectivity index (χ3v) is 6.32. The van der Waals surface area contributed by atoms with E-state index in [1.165, 1.54) is 9.78 Å². The van der Waals surface area contributed by atoms with Gasteiger partial charge in [-0.1, -0.05) is 18.2 Å². The van der Waals surface area contributed by atoms with E-state index in [0.717, 1.165) is 12.0 Å². The Kier molecular flexibility index (Phi) is 5.64. The van der Waals surface area contributed by atoms with Gasteiger partial charge in [-0.15, -0.1) is 11.3 Å². The van der Waals surface area contributed by atoms with Gasteiger partial charge in [-0.25, -0.2) is 4.79 Å². The predicted octanol–water partition coefficient (Wildman–Crippen LogP) is 2.32. The van der Waals surface area contributed by atoms with Crippen molar-refractivity contribution in [3.05, 3.63) is 57.8 Å². The Morgan fingerprint density at radius 3 is 2.62 bits per heavy atom. The fourth-order valence-electron chi connectivity index (χ4n) is 3.68. The van der Waals surface area contributed by atoms with Gasteiger partial charge in [-0.3, -0.25) is 14.5 Å². The molecule has 0 saturated carbocycles. The van der Waals surface area contributed by atoms with E-state index in [1.54, 1.807) is 35.6 Å². The first-order valence-electron chi connectivity index (χ1n) is 9.69. The number of ether oxygens (including phenoxy) is 1. The van der Waals surface area contributed by atoms with Gasteiger partial charge >= 0.3 is 6.03 Å². The monoisotopic (exact) mass is 413 g/mol. The summed E-state index contributed by atoms with van der Waals surface area (Å²) in [5, 5.41) is 7.78. The highest BCUT2D eigenvalue weighted by atomic mass is 32.1. The van der Waals surface area contributed by atoms with Crippen molar-refractivity contribution in [2.75, 3.05) is 19.8 Å². The molecule has 4 amide bonds. The molecule has 2 aliphatic rings. The summed E-state index contributed by atoms with van der Waals surface area (Å²) in [6.07, 6.45) is 1.80. The number of amides is 4. The van der Waals surface area contributed by atoms with Crippen molar-refractivity contribution < 1.29 is 19.1 Å². The van der Waals surface area contributed by atoms with Crippen LogP contribution in [0.4, 0.5) is 4.79 Å². The Bertz CT molecular complexity index is 889. The second-order valence-corrected chi connectivity index (χ2v) is 8.33. The van der Waals surface area contributed by atoms with Crippen molar-refractivity contribution in [3.8, 4) is 0 Å². The summed E-state index contributed by atoms with van der Waals surface area (Å²) in [5.41, 5.74) is 0.531. The van der Waals surface area contributed by atoms with Crippen LogP contribution in [-0.4, -0.2) is 48.0 Å². The van der Waals surface area contributed by atoms with Gasteiger partial charge in [-0.2, -0.15) is 0 Å². The van der Waals surface area contributed by atoms with Gasteiger partial charge in [0.05, 0.1) is 6.54 Å². The summed E-state index contributed by atoms with van der Waals surface area (Å²) < 4.78 is 5.32. The number of carbonyl (C=O) groups excluding carboxylic acids is 3. The first-order valence-corrected chi connectivity index (χ1v) is 10.6. The van der Waals surface area contributed by atoms with Crippen LogP contribution in [0.25, 0.3) is 0 Å². The molecule has 2 saturated heterocycles. The minimum absolute atomic E-state index is 0.135. The Labute approximate surface area is 173 Å². The van der Waals surface area contributed by atoms with Crippen LogP contribution >= 0.6 is 11.3 Å². The van der Waals surface area contributed by atoms with Crippen molar-refractivity contribution in [3.63, 3.8) is 0 Å². The molecule has 2 N–H and O–H groups in total. The number of hydrogen-bond acceptors (Lipinski definition) is 5. The molecule has 4 rings (SSSR count). The third-order valence-electron chi connectivity index (χ3n) is 5.39. The van der Waals surface area contributed by atoms with Crippen molar-refractivity contribution in [2.24, 2.45) is 0 Å². The van der Waals surface area contributed by atoms with Gasteiger partial charge in [0.25, 0.3) is 11.8 Å². The predicted molar refractivity (Wildman–Crippen MR) is 109 cm³/mol. The van der Waals surface area contributed by atoms with Gasteiger partial charge in [0.15, 0.2) is 0 Å². The van der Waals surface area contributed by atoms with Crippen LogP contribution in [-0.2, 0) is 22.5 Å². The molecule has 7 nitrogen and oxygen atoms in total. The Balaban J connectivity index is 1.33. The lowest BCUT2D eigenvalue weighted by atomic mass is 9.90. The van der Waals surface area contributed by atoms with E-state index >= 15 is 0 Å². The summed E-state index contributed by atoms with van der Waals surface area (Å²) in [6.45, 7) is 1.70.